The van der Waals surface area contributed by atoms with Gasteiger partial charge in [0.15, 0.2) is 5.78 Å². The Balaban J connectivity index is 2.47. The van der Waals surface area contributed by atoms with Crippen LogP contribution in [-0.4, -0.2) is 10.8 Å². The fourth-order valence-electron chi connectivity index (χ4n) is 1.93. The molecule has 2 aromatic heterocycles. The topological polar surface area (TPSA) is 30.0 Å². The third kappa shape index (κ3) is 2.29. The molecule has 0 aliphatic carbocycles. The molecule has 0 bridgehead atoms. The molecule has 88 valence electrons. The molecule has 0 unspecified atom stereocenters. The van der Waals surface area contributed by atoms with Gasteiger partial charge in [-0.15, -0.1) is 11.3 Å². The first-order valence-corrected chi connectivity index (χ1v) is 6.36. The molecule has 3 heteroatoms. The minimum absolute atomic E-state index is 0.0804. The van der Waals surface area contributed by atoms with Crippen molar-refractivity contribution in [3.8, 4) is 0 Å². The standard InChI is InChI=1S/C14H15NOS/c1-8-5-6-12(10(3)15-8)14(16)13-7-9(2)17-11(13)4/h5-7H,1-4H3. The Morgan fingerprint density at radius 3 is 2.35 bits per heavy atom. The van der Waals surface area contributed by atoms with Crippen molar-refractivity contribution < 1.29 is 4.79 Å². The molecule has 0 saturated carbocycles. The van der Waals surface area contributed by atoms with Gasteiger partial charge in [0.05, 0.1) is 0 Å². The molecule has 0 amide bonds. The van der Waals surface area contributed by atoms with Gasteiger partial charge in [-0.25, -0.2) is 0 Å². The lowest BCUT2D eigenvalue weighted by molar-refractivity contribution is 0.103. The van der Waals surface area contributed by atoms with Gasteiger partial charge in [-0.3, -0.25) is 9.78 Å². The van der Waals surface area contributed by atoms with E-state index in [2.05, 4.69) is 4.98 Å². The maximum absolute atomic E-state index is 12.4. The number of carbonyl (C=O) groups is 1. The highest BCUT2D eigenvalue weighted by Crippen LogP contribution is 2.24. The van der Waals surface area contributed by atoms with E-state index in [0.717, 1.165) is 21.8 Å². The molecule has 0 spiro atoms. The molecule has 0 aliphatic rings. The molecule has 2 aromatic rings. The van der Waals surface area contributed by atoms with Gasteiger partial charge in [0.1, 0.15) is 0 Å². The second kappa shape index (κ2) is 4.41. The Labute approximate surface area is 105 Å². The lowest BCUT2D eigenvalue weighted by atomic mass is 10.0. The number of aryl methyl sites for hydroxylation is 4. The summed E-state index contributed by atoms with van der Waals surface area (Å²) >= 11 is 1.66. The van der Waals surface area contributed by atoms with E-state index in [0.29, 0.717) is 5.56 Å². The number of pyridine rings is 1. The highest BCUT2D eigenvalue weighted by atomic mass is 32.1. The minimum atomic E-state index is 0.0804. The largest absolute Gasteiger partial charge is 0.288 e. The summed E-state index contributed by atoms with van der Waals surface area (Å²) in [5.41, 5.74) is 3.26. The van der Waals surface area contributed by atoms with Gasteiger partial charge in [-0.05, 0) is 45.9 Å². The highest BCUT2D eigenvalue weighted by Gasteiger charge is 2.16. The van der Waals surface area contributed by atoms with Crippen molar-refractivity contribution in [1.29, 1.82) is 0 Å². The number of thiophene rings is 1. The van der Waals surface area contributed by atoms with Crippen LogP contribution in [0.4, 0.5) is 0 Å². The van der Waals surface area contributed by atoms with Crippen molar-refractivity contribution in [2.24, 2.45) is 0 Å². The number of rotatable bonds is 2. The normalized spacial score (nSPS) is 10.6. The van der Waals surface area contributed by atoms with Crippen LogP contribution in [0, 0.1) is 27.7 Å². The van der Waals surface area contributed by atoms with E-state index in [9.17, 15) is 4.79 Å². The molecule has 0 aliphatic heterocycles. The van der Waals surface area contributed by atoms with Gasteiger partial charge in [0.2, 0.25) is 0 Å². The summed E-state index contributed by atoms with van der Waals surface area (Å²) in [6.07, 6.45) is 0. The van der Waals surface area contributed by atoms with Crippen molar-refractivity contribution in [2.75, 3.05) is 0 Å². The number of ketones is 1. The van der Waals surface area contributed by atoms with E-state index in [1.54, 1.807) is 11.3 Å². The third-order valence-electron chi connectivity index (χ3n) is 2.76. The molecule has 2 nitrogen and oxygen atoms in total. The Bertz CT molecular complexity index is 584. The van der Waals surface area contributed by atoms with Gasteiger partial charge in [-0.1, -0.05) is 0 Å². The summed E-state index contributed by atoms with van der Waals surface area (Å²) in [7, 11) is 0. The second-order valence-corrected chi connectivity index (χ2v) is 5.70. The van der Waals surface area contributed by atoms with E-state index in [-0.39, 0.29) is 5.78 Å². The summed E-state index contributed by atoms with van der Waals surface area (Å²) in [5, 5.41) is 0. The van der Waals surface area contributed by atoms with Crippen LogP contribution < -0.4 is 0 Å². The molecule has 2 heterocycles. The zero-order valence-electron chi connectivity index (χ0n) is 10.5. The quantitative estimate of drug-likeness (QED) is 0.756. The van der Waals surface area contributed by atoms with E-state index in [4.69, 9.17) is 0 Å². The van der Waals surface area contributed by atoms with E-state index >= 15 is 0 Å². The highest BCUT2D eigenvalue weighted by molar-refractivity contribution is 7.12. The summed E-state index contributed by atoms with van der Waals surface area (Å²) in [6.45, 7) is 7.83. The van der Waals surface area contributed by atoms with Crippen LogP contribution in [0.2, 0.25) is 0 Å². The van der Waals surface area contributed by atoms with Crippen LogP contribution in [0.25, 0.3) is 0 Å². The fraction of sp³-hybridized carbons (Fsp3) is 0.286. The summed E-state index contributed by atoms with van der Waals surface area (Å²) in [6, 6.07) is 5.71. The number of nitrogens with zero attached hydrogens (tertiary/aromatic N) is 1. The van der Waals surface area contributed by atoms with Gasteiger partial charge < -0.3 is 0 Å². The third-order valence-corrected chi connectivity index (χ3v) is 3.72. The Kier molecular flexibility index (Phi) is 3.11. The van der Waals surface area contributed by atoms with Crippen molar-refractivity contribution >= 4 is 17.1 Å². The summed E-state index contributed by atoms with van der Waals surface area (Å²) in [4.78, 5) is 19.0. The van der Waals surface area contributed by atoms with Crippen LogP contribution >= 0.6 is 11.3 Å². The molecule has 0 radical (unpaired) electrons. The van der Waals surface area contributed by atoms with Crippen LogP contribution in [-0.2, 0) is 0 Å². The first-order chi connectivity index (χ1) is 7.99. The van der Waals surface area contributed by atoms with Crippen molar-refractivity contribution in [3.05, 3.63) is 50.5 Å². The fourth-order valence-corrected chi connectivity index (χ4v) is 2.85. The maximum Gasteiger partial charge on any atom is 0.195 e. The molecule has 0 N–H and O–H groups in total. The SMILES string of the molecule is Cc1ccc(C(=O)c2cc(C)sc2C)c(C)n1. The molecule has 17 heavy (non-hydrogen) atoms. The lowest BCUT2D eigenvalue weighted by Gasteiger charge is -2.04. The van der Waals surface area contributed by atoms with Crippen molar-refractivity contribution in [2.45, 2.75) is 27.7 Å². The predicted octanol–water partition coefficient (Wildman–Crippen LogP) is 3.61. The zero-order chi connectivity index (χ0) is 12.6. The lowest BCUT2D eigenvalue weighted by Crippen LogP contribution is -2.05. The number of carbonyl (C=O) groups excluding carboxylic acids is 1. The first-order valence-electron chi connectivity index (χ1n) is 5.55. The number of hydrogen-bond acceptors (Lipinski definition) is 3. The Morgan fingerprint density at radius 2 is 1.82 bits per heavy atom. The molecule has 0 aromatic carbocycles. The second-order valence-electron chi connectivity index (χ2n) is 4.24. The van der Waals surface area contributed by atoms with Crippen LogP contribution in [0.5, 0.6) is 0 Å². The Hall–Kier alpha value is -1.48. The molecular formula is C14H15NOS. The predicted molar refractivity (Wildman–Crippen MR) is 70.9 cm³/mol. The molecule has 0 atom stereocenters. The minimum Gasteiger partial charge on any atom is -0.288 e. The molecule has 0 saturated heterocycles. The smallest absolute Gasteiger partial charge is 0.195 e. The average Bonchev–Trinajstić information content (AvgIpc) is 2.57. The number of hydrogen-bond donors (Lipinski definition) is 0. The van der Waals surface area contributed by atoms with Gasteiger partial charge in [0.25, 0.3) is 0 Å². The van der Waals surface area contributed by atoms with E-state index < -0.39 is 0 Å². The van der Waals surface area contributed by atoms with E-state index in [1.165, 1.54) is 4.88 Å². The van der Waals surface area contributed by atoms with Gasteiger partial charge >= 0.3 is 0 Å². The van der Waals surface area contributed by atoms with Gasteiger partial charge in [0, 0.05) is 32.3 Å². The van der Waals surface area contributed by atoms with Gasteiger partial charge in [-0.2, -0.15) is 0 Å². The van der Waals surface area contributed by atoms with Crippen LogP contribution in [0.15, 0.2) is 18.2 Å². The van der Waals surface area contributed by atoms with Crippen LogP contribution in [0.1, 0.15) is 37.1 Å². The summed E-state index contributed by atoms with van der Waals surface area (Å²) in [5.74, 6) is 0.0804. The Morgan fingerprint density at radius 1 is 1.12 bits per heavy atom. The number of aromatic nitrogens is 1. The van der Waals surface area contributed by atoms with E-state index in [1.807, 2.05) is 45.9 Å². The molecule has 2 rings (SSSR count). The maximum atomic E-state index is 12.4. The first kappa shape index (κ1) is 12.0. The average molecular weight is 245 g/mol. The van der Waals surface area contributed by atoms with Crippen molar-refractivity contribution in [1.82, 2.24) is 4.98 Å². The zero-order valence-corrected chi connectivity index (χ0v) is 11.3. The monoisotopic (exact) mass is 245 g/mol. The summed E-state index contributed by atoms with van der Waals surface area (Å²) < 4.78 is 0. The van der Waals surface area contributed by atoms with Crippen molar-refractivity contribution in [3.63, 3.8) is 0 Å². The molecular weight excluding hydrogens is 230 g/mol. The van der Waals surface area contributed by atoms with Crippen LogP contribution in [0.3, 0.4) is 0 Å². The molecule has 0 fully saturated rings.